The highest BCUT2D eigenvalue weighted by atomic mass is 16.5. The summed E-state index contributed by atoms with van der Waals surface area (Å²) in [6.07, 6.45) is 1.93. The van der Waals surface area contributed by atoms with Gasteiger partial charge in [0.25, 0.3) is 0 Å². The Labute approximate surface area is 110 Å². The van der Waals surface area contributed by atoms with Gasteiger partial charge in [-0.1, -0.05) is 6.07 Å². The highest BCUT2D eigenvalue weighted by molar-refractivity contribution is 5.63. The summed E-state index contributed by atoms with van der Waals surface area (Å²) in [5, 5.41) is 8.35. The summed E-state index contributed by atoms with van der Waals surface area (Å²) >= 11 is 0. The number of benzene rings is 1. The zero-order chi connectivity index (χ0) is 13.2. The molecule has 0 bridgehead atoms. The maximum absolute atomic E-state index is 5.30. The maximum atomic E-state index is 5.30. The van der Waals surface area contributed by atoms with Crippen molar-refractivity contribution in [1.82, 2.24) is 14.6 Å². The quantitative estimate of drug-likeness (QED) is 0.721. The van der Waals surface area contributed by atoms with Gasteiger partial charge in [-0.3, -0.25) is 4.40 Å². The summed E-state index contributed by atoms with van der Waals surface area (Å²) in [5.74, 6) is 2.14. The molecule has 0 amide bonds. The first-order valence-corrected chi connectivity index (χ1v) is 5.85. The Balaban J connectivity index is 2.16. The Morgan fingerprint density at radius 3 is 2.58 bits per heavy atom. The van der Waals surface area contributed by atoms with Crippen LogP contribution in [0, 0.1) is 0 Å². The number of pyridine rings is 1. The molecule has 96 valence electrons. The molecule has 0 spiro atoms. The molecule has 2 heterocycles. The number of fused-ring (bicyclic) bond motifs is 1. The molecule has 0 saturated heterocycles. The van der Waals surface area contributed by atoms with Crippen LogP contribution in [-0.4, -0.2) is 28.8 Å². The fraction of sp³-hybridized carbons (Fsp3) is 0.143. The molecule has 3 rings (SSSR count). The predicted molar refractivity (Wildman–Crippen MR) is 71.5 cm³/mol. The maximum Gasteiger partial charge on any atom is 0.168 e. The van der Waals surface area contributed by atoms with Crippen LogP contribution in [0.25, 0.3) is 17.0 Å². The van der Waals surface area contributed by atoms with E-state index in [4.69, 9.17) is 9.47 Å². The van der Waals surface area contributed by atoms with Gasteiger partial charge >= 0.3 is 0 Å². The highest BCUT2D eigenvalue weighted by Crippen LogP contribution is 2.31. The van der Waals surface area contributed by atoms with Crippen molar-refractivity contribution in [1.29, 1.82) is 0 Å². The molecule has 5 nitrogen and oxygen atoms in total. The second-order valence-corrected chi connectivity index (χ2v) is 4.02. The molecule has 0 fully saturated rings. The molecule has 1 aromatic carbocycles. The van der Waals surface area contributed by atoms with Crippen molar-refractivity contribution in [2.45, 2.75) is 0 Å². The van der Waals surface area contributed by atoms with Gasteiger partial charge in [-0.25, -0.2) is 0 Å². The van der Waals surface area contributed by atoms with E-state index in [9.17, 15) is 0 Å². The van der Waals surface area contributed by atoms with Crippen molar-refractivity contribution in [2.75, 3.05) is 14.2 Å². The molecular formula is C14H13N3O2. The number of rotatable bonds is 3. The smallest absolute Gasteiger partial charge is 0.168 e. The van der Waals surface area contributed by atoms with Gasteiger partial charge in [0, 0.05) is 11.8 Å². The third kappa shape index (κ3) is 1.89. The van der Waals surface area contributed by atoms with Crippen LogP contribution >= 0.6 is 0 Å². The molecule has 0 atom stereocenters. The monoisotopic (exact) mass is 255 g/mol. The van der Waals surface area contributed by atoms with Crippen LogP contribution in [-0.2, 0) is 0 Å². The zero-order valence-electron chi connectivity index (χ0n) is 10.7. The first kappa shape index (κ1) is 11.5. The van der Waals surface area contributed by atoms with E-state index in [1.54, 1.807) is 14.2 Å². The van der Waals surface area contributed by atoms with Gasteiger partial charge in [-0.05, 0) is 30.3 Å². The van der Waals surface area contributed by atoms with Crippen molar-refractivity contribution in [3.05, 3.63) is 42.6 Å². The lowest BCUT2D eigenvalue weighted by Crippen LogP contribution is -1.93. The molecule has 3 aromatic rings. The van der Waals surface area contributed by atoms with E-state index in [1.807, 2.05) is 47.0 Å². The van der Waals surface area contributed by atoms with Crippen LogP contribution < -0.4 is 9.47 Å². The Bertz CT molecular complexity index is 722. The highest BCUT2D eigenvalue weighted by Gasteiger charge is 2.11. The minimum Gasteiger partial charge on any atom is -0.493 e. The van der Waals surface area contributed by atoms with Gasteiger partial charge in [-0.15, -0.1) is 10.2 Å². The summed E-state index contributed by atoms with van der Waals surface area (Å²) in [5.41, 5.74) is 1.74. The van der Waals surface area contributed by atoms with Gasteiger partial charge in [-0.2, -0.15) is 0 Å². The van der Waals surface area contributed by atoms with Crippen molar-refractivity contribution < 1.29 is 9.47 Å². The summed E-state index contributed by atoms with van der Waals surface area (Å²) in [7, 11) is 3.23. The topological polar surface area (TPSA) is 48.7 Å². The van der Waals surface area contributed by atoms with Crippen molar-refractivity contribution in [2.24, 2.45) is 0 Å². The number of nitrogens with zero attached hydrogens (tertiary/aromatic N) is 3. The lowest BCUT2D eigenvalue weighted by Gasteiger charge is -2.08. The van der Waals surface area contributed by atoms with Crippen molar-refractivity contribution in [3.8, 4) is 22.9 Å². The first-order chi connectivity index (χ1) is 9.33. The molecule has 0 aliphatic heterocycles. The summed E-state index contributed by atoms with van der Waals surface area (Å²) in [6, 6.07) is 11.5. The van der Waals surface area contributed by atoms with E-state index in [2.05, 4.69) is 10.2 Å². The van der Waals surface area contributed by atoms with Crippen LogP contribution in [0.5, 0.6) is 11.5 Å². The largest absolute Gasteiger partial charge is 0.493 e. The molecule has 0 aliphatic carbocycles. The molecule has 0 unspecified atom stereocenters. The van der Waals surface area contributed by atoms with Crippen LogP contribution in [0.2, 0.25) is 0 Å². The van der Waals surface area contributed by atoms with Crippen molar-refractivity contribution >= 4 is 5.65 Å². The molecule has 2 aromatic heterocycles. The van der Waals surface area contributed by atoms with E-state index in [0.717, 1.165) is 17.0 Å². The van der Waals surface area contributed by atoms with Gasteiger partial charge in [0.05, 0.1) is 14.2 Å². The van der Waals surface area contributed by atoms with E-state index >= 15 is 0 Å². The molecule has 0 radical (unpaired) electrons. The van der Waals surface area contributed by atoms with Crippen molar-refractivity contribution in [3.63, 3.8) is 0 Å². The molecule has 19 heavy (non-hydrogen) atoms. The summed E-state index contributed by atoms with van der Waals surface area (Å²) < 4.78 is 12.5. The average Bonchev–Trinajstić information content (AvgIpc) is 2.90. The Kier molecular flexibility index (Phi) is 2.79. The van der Waals surface area contributed by atoms with E-state index in [1.165, 1.54) is 0 Å². The van der Waals surface area contributed by atoms with Crippen LogP contribution in [0.15, 0.2) is 42.6 Å². The Hall–Kier alpha value is -2.56. The van der Waals surface area contributed by atoms with Crippen LogP contribution in [0.4, 0.5) is 0 Å². The van der Waals surface area contributed by atoms with Gasteiger partial charge in [0.2, 0.25) is 0 Å². The SMILES string of the molecule is COc1ccc(-c2nnc3ccccn23)cc1OC. The minimum atomic E-state index is 0.674. The molecular weight excluding hydrogens is 242 g/mol. The van der Waals surface area contributed by atoms with Crippen LogP contribution in [0.3, 0.4) is 0 Å². The first-order valence-electron chi connectivity index (χ1n) is 5.85. The van der Waals surface area contributed by atoms with E-state index < -0.39 is 0 Å². The summed E-state index contributed by atoms with van der Waals surface area (Å²) in [4.78, 5) is 0. The number of hydrogen-bond acceptors (Lipinski definition) is 4. The molecule has 0 N–H and O–H groups in total. The fourth-order valence-corrected chi connectivity index (χ4v) is 2.01. The molecule has 0 saturated carbocycles. The Morgan fingerprint density at radius 1 is 0.947 bits per heavy atom. The number of ether oxygens (including phenoxy) is 2. The number of methoxy groups -OCH3 is 2. The molecule has 5 heteroatoms. The number of hydrogen-bond donors (Lipinski definition) is 0. The lowest BCUT2D eigenvalue weighted by atomic mass is 10.2. The third-order valence-electron chi connectivity index (χ3n) is 2.96. The third-order valence-corrected chi connectivity index (χ3v) is 2.96. The lowest BCUT2D eigenvalue weighted by molar-refractivity contribution is 0.355. The Morgan fingerprint density at radius 2 is 1.79 bits per heavy atom. The van der Waals surface area contributed by atoms with Gasteiger partial charge < -0.3 is 9.47 Å². The second kappa shape index (κ2) is 4.61. The predicted octanol–water partition coefficient (Wildman–Crippen LogP) is 2.41. The van der Waals surface area contributed by atoms with E-state index in [-0.39, 0.29) is 0 Å². The van der Waals surface area contributed by atoms with E-state index in [0.29, 0.717) is 11.5 Å². The summed E-state index contributed by atoms with van der Waals surface area (Å²) in [6.45, 7) is 0. The molecule has 0 aliphatic rings. The normalized spacial score (nSPS) is 10.6. The van der Waals surface area contributed by atoms with Gasteiger partial charge in [0.1, 0.15) is 0 Å². The van der Waals surface area contributed by atoms with Gasteiger partial charge in [0.15, 0.2) is 23.0 Å². The number of aromatic nitrogens is 3. The average molecular weight is 255 g/mol. The fourth-order valence-electron chi connectivity index (χ4n) is 2.01. The second-order valence-electron chi connectivity index (χ2n) is 4.02. The minimum absolute atomic E-state index is 0.674. The standard InChI is InChI=1S/C14H13N3O2/c1-18-11-7-6-10(9-12(11)19-2)14-16-15-13-5-3-4-8-17(13)14/h3-9H,1-2H3. The zero-order valence-corrected chi connectivity index (χ0v) is 10.7. The van der Waals surface area contributed by atoms with Crippen LogP contribution in [0.1, 0.15) is 0 Å².